The Kier molecular flexibility index (Phi) is 6.12. The average molecular weight is 200 g/mol. The maximum absolute atomic E-state index is 10.8. The SMILES string of the molecule is C[N+](C)(C)CCCCCC(=O)/C=N/[O-]. The van der Waals surface area contributed by atoms with Crippen LogP contribution < -0.4 is 0 Å². The van der Waals surface area contributed by atoms with Gasteiger partial charge in [0.1, 0.15) is 0 Å². The highest BCUT2D eigenvalue weighted by Gasteiger charge is 2.05. The first-order valence-corrected chi connectivity index (χ1v) is 4.94. The number of ketones is 1. The van der Waals surface area contributed by atoms with Gasteiger partial charge in [-0.15, -0.1) is 0 Å². The maximum atomic E-state index is 10.8. The van der Waals surface area contributed by atoms with E-state index in [1.54, 1.807) is 0 Å². The van der Waals surface area contributed by atoms with E-state index in [4.69, 9.17) is 0 Å². The molecule has 0 radical (unpaired) electrons. The van der Waals surface area contributed by atoms with Crippen LogP contribution in [0.15, 0.2) is 5.16 Å². The van der Waals surface area contributed by atoms with Gasteiger partial charge in [-0.3, -0.25) is 4.79 Å². The van der Waals surface area contributed by atoms with Gasteiger partial charge >= 0.3 is 0 Å². The van der Waals surface area contributed by atoms with Crippen LogP contribution in [0.1, 0.15) is 25.7 Å². The van der Waals surface area contributed by atoms with Gasteiger partial charge in [-0.2, -0.15) is 0 Å². The van der Waals surface area contributed by atoms with E-state index >= 15 is 0 Å². The van der Waals surface area contributed by atoms with Gasteiger partial charge in [0, 0.05) is 6.42 Å². The molecule has 0 aromatic heterocycles. The van der Waals surface area contributed by atoms with E-state index < -0.39 is 0 Å². The fourth-order valence-electron chi connectivity index (χ4n) is 1.19. The smallest absolute Gasteiger partial charge is 0.173 e. The monoisotopic (exact) mass is 200 g/mol. The minimum atomic E-state index is -0.162. The molecule has 4 nitrogen and oxygen atoms in total. The zero-order chi connectivity index (χ0) is 11.0. The van der Waals surface area contributed by atoms with Gasteiger partial charge in [-0.25, -0.2) is 0 Å². The lowest BCUT2D eigenvalue weighted by atomic mass is 10.1. The third kappa shape index (κ3) is 9.19. The average Bonchev–Trinajstić information content (AvgIpc) is 2.02. The van der Waals surface area contributed by atoms with Crippen LogP contribution in [0.2, 0.25) is 0 Å². The molecule has 0 heterocycles. The van der Waals surface area contributed by atoms with E-state index in [9.17, 15) is 10.0 Å². The molecule has 14 heavy (non-hydrogen) atoms. The van der Waals surface area contributed by atoms with Crippen LogP contribution in [0.5, 0.6) is 0 Å². The molecule has 0 aliphatic carbocycles. The van der Waals surface area contributed by atoms with E-state index in [-0.39, 0.29) is 5.78 Å². The summed E-state index contributed by atoms with van der Waals surface area (Å²) in [6.45, 7) is 1.11. The summed E-state index contributed by atoms with van der Waals surface area (Å²) in [5, 5.41) is 12.2. The van der Waals surface area contributed by atoms with E-state index in [2.05, 4.69) is 26.3 Å². The number of rotatable bonds is 7. The van der Waals surface area contributed by atoms with Crippen molar-refractivity contribution in [3.63, 3.8) is 0 Å². The quantitative estimate of drug-likeness (QED) is 0.270. The third-order valence-corrected chi connectivity index (χ3v) is 1.95. The van der Waals surface area contributed by atoms with Crippen LogP contribution in [0.25, 0.3) is 0 Å². The predicted molar refractivity (Wildman–Crippen MR) is 58.2 cm³/mol. The molecule has 0 spiro atoms. The predicted octanol–water partition coefficient (Wildman–Crippen LogP) is 1.39. The number of carbonyl (C=O) groups excluding carboxylic acids is 1. The van der Waals surface area contributed by atoms with E-state index in [0.717, 1.165) is 36.5 Å². The number of hydrogen-bond donors (Lipinski definition) is 0. The van der Waals surface area contributed by atoms with Crippen molar-refractivity contribution in [1.82, 2.24) is 0 Å². The van der Waals surface area contributed by atoms with Gasteiger partial charge in [0.15, 0.2) is 5.78 Å². The molecule has 0 aliphatic heterocycles. The van der Waals surface area contributed by atoms with E-state index in [1.807, 2.05) is 0 Å². The van der Waals surface area contributed by atoms with Crippen LogP contribution in [-0.2, 0) is 4.79 Å². The Balaban J connectivity index is 3.35. The first-order chi connectivity index (χ1) is 6.45. The van der Waals surface area contributed by atoms with Crippen LogP contribution in [0, 0.1) is 5.21 Å². The first kappa shape index (κ1) is 13.1. The lowest BCUT2D eigenvalue weighted by Crippen LogP contribution is -2.35. The van der Waals surface area contributed by atoms with Gasteiger partial charge in [0.25, 0.3) is 0 Å². The summed E-state index contributed by atoms with van der Waals surface area (Å²) < 4.78 is 0.954. The Bertz CT molecular complexity index is 195. The fourth-order valence-corrected chi connectivity index (χ4v) is 1.19. The van der Waals surface area contributed by atoms with E-state index in [1.165, 1.54) is 0 Å². The highest BCUT2D eigenvalue weighted by molar-refractivity contribution is 6.27. The molecule has 82 valence electrons. The highest BCUT2D eigenvalue weighted by atomic mass is 16.4. The maximum Gasteiger partial charge on any atom is 0.173 e. The van der Waals surface area contributed by atoms with Gasteiger partial charge in [0.2, 0.25) is 0 Å². The van der Waals surface area contributed by atoms with Gasteiger partial charge < -0.3 is 14.8 Å². The molecule has 0 amide bonds. The molecule has 4 heteroatoms. The Morgan fingerprint density at radius 1 is 1.29 bits per heavy atom. The van der Waals surface area contributed by atoms with Crippen molar-refractivity contribution in [3.8, 4) is 0 Å². The second-order valence-electron chi connectivity index (χ2n) is 4.53. The van der Waals surface area contributed by atoms with Crippen molar-refractivity contribution in [2.75, 3.05) is 27.7 Å². The van der Waals surface area contributed by atoms with Crippen molar-refractivity contribution in [3.05, 3.63) is 5.21 Å². The van der Waals surface area contributed by atoms with Crippen molar-refractivity contribution >= 4 is 12.0 Å². The van der Waals surface area contributed by atoms with Gasteiger partial charge in [-0.05, 0) is 19.3 Å². The zero-order valence-electron chi connectivity index (χ0n) is 9.32. The van der Waals surface area contributed by atoms with Crippen molar-refractivity contribution < 1.29 is 9.28 Å². The first-order valence-electron chi connectivity index (χ1n) is 4.94. The normalized spacial score (nSPS) is 12.2. The molecule has 0 bridgehead atoms. The van der Waals surface area contributed by atoms with Crippen LogP contribution in [-0.4, -0.2) is 44.2 Å². The number of carbonyl (C=O) groups is 1. The van der Waals surface area contributed by atoms with E-state index in [0.29, 0.717) is 6.42 Å². The Labute approximate surface area is 85.8 Å². The molecule has 0 aromatic carbocycles. The second-order valence-corrected chi connectivity index (χ2v) is 4.53. The molecule has 0 N–H and O–H groups in total. The second kappa shape index (κ2) is 6.54. The number of quaternary nitrogens is 1. The summed E-state index contributed by atoms with van der Waals surface area (Å²) in [5.41, 5.74) is 0. The fraction of sp³-hybridized carbons (Fsp3) is 0.800. The number of Topliss-reactive ketones (excluding diaryl/α,β-unsaturated/α-hetero) is 1. The Hall–Kier alpha value is -0.900. The van der Waals surface area contributed by atoms with Crippen LogP contribution in [0.3, 0.4) is 0 Å². The number of unbranched alkanes of at least 4 members (excludes halogenated alkanes) is 2. The van der Waals surface area contributed by atoms with Crippen molar-refractivity contribution in [2.45, 2.75) is 25.7 Å². The summed E-state index contributed by atoms with van der Waals surface area (Å²) in [6, 6.07) is 0. The lowest BCUT2D eigenvalue weighted by molar-refractivity contribution is -0.870. The van der Waals surface area contributed by atoms with Crippen LogP contribution in [0.4, 0.5) is 0 Å². The molecule has 0 aromatic rings. The van der Waals surface area contributed by atoms with Gasteiger partial charge in [-0.1, -0.05) is 0 Å². The molecule has 0 fully saturated rings. The largest absolute Gasteiger partial charge is 0.792 e. The number of nitrogens with zero attached hydrogens (tertiary/aromatic N) is 2. The minimum absolute atomic E-state index is 0.162. The topological polar surface area (TPSA) is 52.5 Å². The molecule has 0 saturated heterocycles. The molecule has 0 aliphatic rings. The lowest BCUT2D eigenvalue weighted by Gasteiger charge is -2.23. The van der Waals surface area contributed by atoms with Crippen molar-refractivity contribution in [2.24, 2.45) is 5.16 Å². The Morgan fingerprint density at radius 3 is 2.43 bits per heavy atom. The summed E-state index contributed by atoms with van der Waals surface area (Å²) in [4.78, 5) is 10.8. The molecular formula is C10H20N2O2. The molecule has 0 saturated carbocycles. The third-order valence-electron chi connectivity index (χ3n) is 1.95. The molecular weight excluding hydrogens is 180 g/mol. The summed E-state index contributed by atoms with van der Waals surface area (Å²) in [7, 11) is 6.44. The zero-order valence-corrected chi connectivity index (χ0v) is 9.32. The molecule has 0 unspecified atom stereocenters. The van der Waals surface area contributed by atoms with Crippen LogP contribution >= 0.6 is 0 Å². The Morgan fingerprint density at radius 2 is 1.93 bits per heavy atom. The highest BCUT2D eigenvalue weighted by Crippen LogP contribution is 2.03. The summed E-state index contributed by atoms with van der Waals surface area (Å²) >= 11 is 0. The summed E-state index contributed by atoms with van der Waals surface area (Å²) in [6.07, 6.45) is 4.31. The number of hydrogen-bond acceptors (Lipinski definition) is 3. The molecule has 0 atom stereocenters. The van der Waals surface area contributed by atoms with Crippen molar-refractivity contribution in [1.29, 1.82) is 0 Å². The minimum Gasteiger partial charge on any atom is -0.792 e. The van der Waals surface area contributed by atoms with Gasteiger partial charge in [0.05, 0.1) is 33.9 Å². The summed E-state index contributed by atoms with van der Waals surface area (Å²) in [5.74, 6) is -0.162. The molecule has 0 rings (SSSR count). The standard InChI is InChI=1S/C10H20N2O2/c1-12(2,3)8-6-4-5-7-10(13)9-11-14/h9H,4-8H2,1-3H3.